The van der Waals surface area contributed by atoms with Crippen LogP contribution in [0.25, 0.3) is 0 Å². The molecular formula is C9H18N2O3S. The van der Waals surface area contributed by atoms with Gasteiger partial charge < -0.3 is 10.6 Å². The molecule has 1 aliphatic rings. The number of sulfone groups is 1. The van der Waals surface area contributed by atoms with Gasteiger partial charge in [-0.05, 0) is 32.4 Å². The van der Waals surface area contributed by atoms with Crippen molar-refractivity contribution >= 4 is 15.7 Å². The highest BCUT2D eigenvalue weighted by atomic mass is 32.2. The lowest BCUT2D eigenvalue weighted by molar-refractivity contribution is -0.119. The summed E-state index contributed by atoms with van der Waals surface area (Å²) in [5.41, 5.74) is 0. The Bertz CT molecular complexity index is 305. The van der Waals surface area contributed by atoms with Crippen LogP contribution in [0.4, 0.5) is 0 Å². The van der Waals surface area contributed by atoms with Crippen molar-refractivity contribution in [3.8, 4) is 0 Å². The molecule has 6 heteroatoms. The average Bonchev–Trinajstić information content (AvgIpc) is 2.28. The predicted molar refractivity (Wildman–Crippen MR) is 58.4 cm³/mol. The van der Waals surface area contributed by atoms with Crippen LogP contribution in [0.1, 0.15) is 19.3 Å². The molecule has 1 fully saturated rings. The van der Waals surface area contributed by atoms with Gasteiger partial charge in [-0.15, -0.1) is 0 Å². The van der Waals surface area contributed by atoms with Crippen LogP contribution in [-0.4, -0.2) is 45.5 Å². The van der Waals surface area contributed by atoms with Crippen LogP contribution in [0.3, 0.4) is 0 Å². The molecule has 0 aromatic rings. The lowest BCUT2D eigenvalue weighted by atomic mass is 10.1. The van der Waals surface area contributed by atoms with Crippen molar-refractivity contribution in [2.45, 2.75) is 25.3 Å². The second kappa shape index (κ2) is 5.46. The van der Waals surface area contributed by atoms with Crippen molar-refractivity contribution in [2.24, 2.45) is 0 Å². The van der Waals surface area contributed by atoms with Gasteiger partial charge in [-0.3, -0.25) is 4.79 Å². The van der Waals surface area contributed by atoms with E-state index < -0.39 is 15.6 Å². The number of carbonyl (C=O) groups is 1. The third kappa shape index (κ3) is 5.74. The van der Waals surface area contributed by atoms with Gasteiger partial charge in [-0.2, -0.15) is 0 Å². The fraction of sp³-hybridized carbons (Fsp3) is 0.889. The van der Waals surface area contributed by atoms with E-state index in [2.05, 4.69) is 10.6 Å². The number of rotatable bonds is 3. The van der Waals surface area contributed by atoms with Crippen LogP contribution in [0, 0.1) is 0 Å². The normalized spacial score (nSPS) is 23.1. The van der Waals surface area contributed by atoms with Crippen molar-refractivity contribution in [2.75, 3.05) is 25.1 Å². The Morgan fingerprint density at radius 2 is 2.13 bits per heavy atom. The SMILES string of the molecule is CS(=O)(=O)CC(=O)NC1CCCNCC1. The molecule has 0 spiro atoms. The number of carbonyl (C=O) groups excluding carboxylic acids is 1. The summed E-state index contributed by atoms with van der Waals surface area (Å²) in [5, 5.41) is 5.99. The lowest BCUT2D eigenvalue weighted by Gasteiger charge is -2.15. The van der Waals surface area contributed by atoms with Gasteiger partial charge in [0, 0.05) is 12.3 Å². The minimum atomic E-state index is -3.21. The zero-order valence-corrected chi connectivity index (χ0v) is 9.77. The van der Waals surface area contributed by atoms with Crippen molar-refractivity contribution in [1.82, 2.24) is 10.6 Å². The molecule has 15 heavy (non-hydrogen) atoms. The molecule has 0 radical (unpaired) electrons. The second-order valence-corrected chi connectivity index (χ2v) is 6.16. The van der Waals surface area contributed by atoms with Gasteiger partial charge in [0.15, 0.2) is 9.84 Å². The summed E-state index contributed by atoms with van der Waals surface area (Å²) in [5.74, 6) is -0.791. The summed E-state index contributed by atoms with van der Waals surface area (Å²) in [6.07, 6.45) is 3.88. The Labute approximate surface area is 90.5 Å². The number of hydrogen-bond donors (Lipinski definition) is 2. The van der Waals surface area contributed by atoms with E-state index >= 15 is 0 Å². The van der Waals surface area contributed by atoms with Gasteiger partial charge >= 0.3 is 0 Å². The molecule has 0 aromatic carbocycles. The first-order valence-electron chi connectivity index (χ1n) is 5.15. The van der Waals surface area contributed by atoms with E-state index in [0.717, 1.165) is 38.6 Å². The molecule has 1 rings (SSSR count). The number of nitrogens with one attached hydrogen (secondary N) is 2. The van der Waals surface area contributed by atoms with E-state index in [9.17, 15) is 13.2 Å². The molecule has 1 amide bonds. The average molecular weight is 234 g/mol. The third-order valence-corrected chi connectivity index (χ3v) is 3.12. The Hall–Kier alpha value is -0.620. The van der Waals surface area contributed by atoms with Gasteiger partial charge in [0.25, 0.3) is 0 Å². The predicted octanol–water partition coefficient (Wildman–Crippen LogP) is -0.711. The zero-order chi connectivity index (χ0) is 11.3. The first kappa shape index (κ1) is 12.4. The van der Waals surface area contributed by atoms with Crippen LogP contribution >= 0.6 is 0 Å². The van der Waals surface area contributed by atoms with E-state index in [4.69, 9.17) is 0 Å². The first-order chi connectivity index (χ1) is 6.97. The van der Waals surface area contributed by atoms with E-state index in [1.165, 1.54) is 0 Å². The Kier molecular flexibility index (Phi) is 4.53. The standard InChI is InChI=1S/C9H18N2O3S/c1-15(13,14)7-9(12)11-8-3-2-5-10-6-4-8/h8,10H,2-7H2,1H3,(H,11,12). The maximum atomic E-state index is 11.3. The van der Waals surface area contributed by atoms with Crippen LogP contribution in [0.2, 0.25) is 0 Å². The van der Waals surface area contributed by atoms with E-state index in [-0.39, 0.29) is 11.9 Å². The van der Waals surface area contributed by atoms with E-state index in [0.29, 0.717) is 0 Å². The highest BCUT2D eigenvalue weighted by Gasteiger charge is 2.17. The summed E-state index contributed by atoms with van der Waals surface area (Å²) >= 11 is 0. The molecule has 1 aliphatic heterocycles. The fourth-order valence-corrected chi connectivity index (χ4v) is 2.23. The minimum absolute atomic E-state index is 0.120. The van der Waals surface area contributed by atoms with Gasteiger partial charge in [-0.1, -0.05) is 0 Å². The summed E-state index contributed by atoms with van der Waals surface area (Å²) in [6.45, 7) is 1.85. The van der Waals surface area contributed by atoms with Crippen LogP contribution in [0.5, 0.6) is 0 Å². The van der Waals surface area contributed by atoms with Gasteiger partial charge in [0.05, 0.1) is 0 Å². The van der Waals surface area contributed by atoms with E-state index in [1.807, 2.05) is 0 Å². The summed E-state index contributed by atoms with van der Waals surface area (Å²) in [4.78, 5) is 11.3. The molecule has 1 heterocycles. The highest BCUT2D eigenvalue weighted by molar-refractivity contribution is 7.91. The van der Waals surface area contributed by atoms with Crippen LogP contribution in [-0.2, 0) is 14.6 Å². The molecule has 5 nitrogen and oxygen atoms in total. The van der Waals surface area contributed by atoms with Crippen LogP contribution < -0.4 is 10.6 Å². The summed E-state index contributed by atoms with van der Waals surface area (Å²) in [7, 11) is -3.21. The number of hydrogen-bond acceptors (Lipinski definition) is 4. The lowest BCUT2D eigenvalue weighted by Crippen LogP contribution is -2.38. The highest BCUT2D eigenvalue weighted by Crippen LogP contribution is 2.04. The molecule has 0 saturated carbocycles. The topological polar surface area (TPSA) is 75.3 Å². The molecule has 1 unspecified atom stereocenters. The van der Waals surface area contributed by atoms with Crippen molar-refractivity contribution < 1.29 is 13.2 Å². The summed E-state index contributed by atoms with van der Waals surface area (Å²) < 4.78 is 21.8. The molecule has 0 bridgehead atoms. The van der Waals surface area contributed by atoms with Gasteiger partial charge in [0.1, 0.15) is 5.75 Å². The van der Waals surface area contributed by atoms with Crippen molar-refractivity contribution in [1.29, 1.82) is 0 Å². The maximum Gasteiger partial charge on any atom is 0.235 e. The third-order valence-electron chi connectivity index (χ3n) is 2.33. The van der Waals surface area contributed by atoms with Crippen molar-refractivity contribution in [3.05, 3.63) is 0 Å². The minimum Gasteiger partial charge on any atom is -0.352 e. The first-order valence-corrected chi connectivity index (χ1v) is 7.21. The molecule has 0 aromatic heterocycles. The largest absolute Gasteiger partial charge is 0.352 e. The molecule has 0 aliphatic carbocycles. The molecule has 2 N–H and O–H groups in total. The Morgan fingerprint density at radius 3 is 2.80 bits per heavy atom. The Morgan fingerprint density at radius 1 is 1.40 bits per heavy atom. The molecule has 1 atom stereocenters. The second-order valence-electron chi connectivity index (χ2n) is 4.02. The Balaban J connectivity index is 2.36. The van der Waals surface area contributed by atoms with Gasteiger partial charge in [-0.25, -0.2) is 8.42 Å². The quantitative estimate of drug-likeness (QED) is 0.676. The maximum absolute atomic E-state index is 11.3. The van der Waals surface area contributed by atoms with Gasteiger partial charge in [0.2, 0.25) is 5.91 Å². The van der Waals surface area contributed by atoms with Crippen molar-refractivity contribution in [3.63, 3.8) is 0 Å². The zero-order valence-electron chi connectivity index (χ0n) is 8.95. The van der Waals surface area contributed by atoms with E-state index in [1.54, 1.807) is 0 Å². The summed E-state index contributed by atoms with van der Waals surface area (Å²) in [6, 6.07) is 0.120. The molecule has 88 valence electrons. The molecular weight excluding hydrogens is 216 g/mol. The fourth-order valence-electron chi connectivity index (χ4n) is 1.67. The number of amides is 1. The monoisotopic (exact) mass is 234 g/mol. The smallest absolute Gasteiger partial charge is 0.235 e. The van der Waals surface area contributed by atoms with Crippen LogP contribution in [0.15, 0.2) is 0 Å². The molecule has 1 saturated heterocycles.